The molecule has 0 unspecified atom stereocenters. The van der Waals surface area contributed by atoms with Gasteiger partial charge in [-0.05, 0) is 36.4 Å². The summed E-state index contributed by atoms with van der Waals surface area (Å²) in [5.74, 6) is 0.242. The number of imidazole rings is 1. The molecule has 21 heavy (non-hydrogen) atoms. The van der Waals surface area contributed by atoms with E-state index in [2.05, 4.69) is 10.4 Å². The van der Waals surface area contributed by atoms with Gasteiger partial charge in [-0.1, -0.05) is 23.7 Å². The Morgan fingerprint density at radius 3 is 2.76 bits per heavy atom. The van der Waals surface area contributed by atoms with Crippen LogP contribution >= 0.6 is 23.4 Å². The number of amides is 1. The van der Waals surface area contributed by atoms with Crippen LogP contribution in [0.3, 0.4) is 0 Å². The summed E-state index contributed by atoms with van der Waals surface area (Å²) in [6, 6.07) is 15.1. The second-order valence-electron chi connectivity index (χ2n) is 4.38. The van der Waals surface area contributed by atoms with Gasteiger partial charge in [0.25, 0.3) is 0 Å². The summed E-state index contributed by atoms with van der Waals surface area (Å²) in [7, 11) is 0. The van der Waals surface area contributed by atoms with Crippen LogP contribution < -0.4 is 5.43 Å². The Morgan fingerprint density at radius 2 is 1.95 bits per heavy atom. The van der Waals surface area contributed by atoms with E-state index >= 15 is 0 Å². The molecule has 3 aromatic rings. The molecule has 0 aliphatic carbocycles. The number of rotatable bonds is 4. The Balaban J connectivity index is 1.62. The van der Waals surface area contributed by atoms with Gasteiger partial charge in [0.05, 0.1) is 16.8 Å². The average Bonchev–Trinajstić information content (AvgIpc) is 2.90. The lowest BCUT2D eigenvalue weighted by Gasteiger charge is -2.07. The normalized spacial score (nSPS) is 10.7. The minimum atomic E-state index is -0.0851. The second-order valence-corrected chi connectivity index (χ2v) is 5.87. The molecule has 1 aromatic heterocycles. The fourth-order valence-corrected chi connectivity index (χ4v) is 2.71. The predicted molar refractivity (Wildman–Crippen MR) is 86.3 cm³/mol. The van der Waals surface area contributed by atoms with E-state index in [1.54, 1.807) is 11.0 Å². The number of nitrogens with one attached hydrogen (secondary N) is 1. The molecule has 0 spiro atoms. The molecule has 4 nitrogen and oxygen atoms in total. The monoisotopic (exact) mass is 317 g/mol. The first-order valence-electron chi connectivity index (χ1n) is 6.33. The van der Waals surface area contributed by atoms with Gasteiger partial charge in [0.2, 0.25) is 5.91 Å². The van der Waals surface area contributed by atoms with Crippen molar-refractivity contribution in [3.05, 3.63) is 59.9 Å². The molecule has 1 heterocycles. The number of hydrogen-bond acceptors (Lipinski definition) is 3. The van der Waals surface area contributed by atoms with Gasteiger partial charge in [0, 0.05) is 9.92 Å². The average molecular weight is 318 g/mol. The molecule has 2 aromatic carbocycles. The van der Waals surface area contributed by atoms with E-state index in [4.69, 9.17) is 11.6 Å². The number of halogens is 1. The molecule has 0 saturated carbocycles. The molecular weight excluding hydrogens is 306 g/mol. The van der Waals surface area contributed by atoms with Gasteiger partial charge in [0.1, 0.15) is 6.33 Å². The third-order valence-electron chi connectivity index (χ3n) is 2.88. The molecule has 0 aliphatic heterocycles. The van der Waals surface area contributed by atoms with Crippen molar-refractivity contribution in [3.8, 4) is 0 Å². The summed E-state index contributed by atoms with van der Waals surface area (Å²) < 4.78 is 1.64. The van der Waals surface area contributed by atoms with Crippen LogP contribution in [-0.2, 0) is 4.79 Å². The van der Waals surface area contributed by atoms with Crippen molar-refractivity contribution in [2.75, 3.05) is 11.2 Å². The number of fused-ring (bicyclic) bond motifs is 1. The largest absolute Gasteiger partial charge is 0.272 e. The predicted octanol–water partition coefficient (Wildman–Crippen LogP) is 3.55. The number of aromatic nitrogens is 2. The van der Waals surface area contributed by atoms with Gasteiger partial charge >= 0.3 is 0 Å². The van der Waals surface area contributed by atoms with Crippen LogP contribution in [0.1, 0.15) is 0 Å². The summed E-state index contributed by atoms with van der Waals surface area (Å²) in [6.45, 7) is 0. The maximum Gasteiger partial charge on any atom is 0.249 e. The molecule has 0 atom stereocenters. The quantitative estimate of drug-likeness (QED) is 0.749. The topological polar surface area (TPSA) is 46.9 Å². The lowest BCUT2D eigenvalue weighted by molar-refractivity contribution is -0.114. The lowest BCUT2D eigenvalue weighted by atomic mass is 10.3. The Morgan fingerprint density at radius 1 is 1.19 bits per heavy atom. The third-order valence-corrected chi connectivity index (χ3v) is 4.15. The second kappa shape index (κ2) is 6.20. The number of para-hydroxylation sites is 2. The zero-order valence-electron chi connectivity index (χ0n) is 11.0. The molecule has 106 valence electrons. The van der Waals surface area contributed by atoms with E-state index in [9.17, 15) is 4.79 Å². The summed E-state index contributed by atoms with van der Waals surface area (Å²) in [4.78, 5) is 17.2. The van der Waals surface area contributed by atoms with Crippen molar-refractivity contribution < 1.29 is 4.79 Å². The maximum absolute atomic E-state index is 12.0. The van der Waals surface area contributed by atoms with Crippen molar-refractivity contribution in [2.45, 2.75) is 4.90 Å². The zero-order valence-corrected chi connectivity index (χ0v) is 12.6. The van der Waals surface area contributed by atoms with E-state index in [1.807, 2.05) is 48.5 Å². The van der Waals surface area contributed by atoms with Crippen LogP contribution in [0.5, 0.6) is 0 Å². The van der Waals surface area contributed by atoms with Gasteiger partial charge < -0.3 is 0 Å². The van der Waals surface area contributed by atoms with E-state index in [0.717, 1.165) is 15.9 Å². The Hall–Kier alpha value is -1.98. The highest BCUT2D eigenvalue weighted by atomic mass is 35.5. The van der Waals surface area contributed by atoms with Crippen molar-refractivity contribution in [3.63, 3.8) is 0 Å². The molecule has 1 amide bonds. The molecule has 1 N–H and O–H groups in total. The number of nitrogens with zero attached hydrogens (tertiary/aromatic N) is 2. The number of carbonyl (C=O) groups is 1. The van der Waals surface area contributed by atoms with E-state index in [1.165, 1.54) is 11.8 Å². The van der Waals surface area contributed by atoms with Gasteiger partial charge in [-0.2, -0.15) is 0 Å². The third kappa shape index (κ3) is 3.37. The fraction of sp³-hybridized carbons (Fsp3) is 0.0667. The van der Waals surface area contributed by atoms with Crippen LogP contribution in [0, 0.1) is 0 Å². The first-order chi connectivity index (χ1) is 10.2. The SMILES string of the molecule is O=C(CSc1ccc(Cl)cc1)Nn1cnc2ccccc21. The summed E-state index contributed by atoms with van der Waals surface area (Å²) in [6.07, 6.45) is 1.61. The Kier molecular flexibility index (Phi) is 4.13. The number of thioether (sulfide) groups is 1. The molecule has 0 fully saturated rings. The van der Waals surface area contributed by atoms with Crippen LogP contribution in [0.15, 0.2) is 59.8 Å². The molecule has 3 rings (SSSR count). The fourth-order valence-electron chi connectivity index (χ4n) is 1.89. The van der Waals surface area contributed by atoms with Crippen molar-refractivity contribution >= 4 is 40.3 Å². The van der Waals surface area contributed by atoms with Gasteiger partial charge in [0.15, 0.2) is 0 Å². The molecule has 0 aliphatic rings. The highest BCUT2D eigenvalue weighted by Crippen LogP contribution is 2.20. The highest BCUT2D eigenvalue weighted by molar-refractivity contribution is 8.00. The smallest absolute Gasteiger partial charge is 0.249 e. The number of benzene rings is 2. The minimum absolute atomic E-state index is 0.0851. The number of hydrogen-bond donors (Lipinski definition) is 1. The van der Waals surface area contributed by atoms with Crippen molar-refractivity contribution in [2.24, 2.45) is 0 Å². The molecule has 6 heteroatoms. The van der Waals surface area contributed by atoms with Gasteiger partial charge in [-0.15, -0.1) is 11.8 Å². The standard InChI is InChI=1S/C15H12ClN3OS/c16-11-5-7-12(8-6-11)21-9-15(20)18-19-10-17-13-3-1-2-4-14(13)19/h1-8,10H,9H2,(H,18,20). The first kappa shape index (κ1) is 14.0. The van der Waals surface area contributed by atoms with Crippen LogP contribution in [0.2, 0.25) is 5.02 Å². The first-order valence-corrected chi connectivity index (χ1v) is 7.69. The lowest BCUT2D eigenvalue weighted by Crippen LogP contribution is -2.23. The van der Waals surface area contributed by atoms with Crippen LogP contribution in [-0.4, -0.2) is 21.3 Å². The maximum atomic E-state index is 12.0. The Labute approximate surface area is 131 Å². The van der Waals surface area contributed by atoms with Gasteiger partial charge in [-0.25, -0.2) is 9.66 Å². The Bertz CT molecular complexity index is 770. The minimum Gasteiger partial charge on any atom is -0.272 e. The van der Waals surface area contributed by atoms with Crippen molar-refractivity contribution in [1.29, 1.82) is 0 Å². The van der Waals surface area contributed by atoms with Crippen LogP contribution in [0.4, 0.5) is 0 Å². The summed E-state index contributed by atoms with van der Waals surface area (Å²) >= 11 is 7.29. The summed E-state index contributed by atoms with van der Waals surface area (Å²) in [5, 5.41) is 0.689. The van der Waals surface area contributed by atoms with Crippen LogP contribution in [0.25, 0.3) is 11.0 Å². The van der Waals surface area contributed by atoms with Crippen molar-refractivity contribution in [1.82, 2.24) is 9.66 Å². The van der Waals surface area contributed by atoms with E-state index < -0.39 is 0 Å². The molecule has 0 radical (unpaired) electrons. The molecule has 0 saturated heterocycles. The van der Waals surface area contributed by atoms with E-state index in [-0.39, 0.29) is 5.91 Å². The van der Waals surface area contributed by atoms with Gasteiger partial charge in [-0.3, -0.25) is 10.2 Å². The number of carbonyl (C=O) groups excluding carboxylic acids is 1. The molecular formula is C15H12ClN3OS. The zero-order chi connectivity index (χ0) is 14.7. The summed E-state index contributed by atoms with van der Waals surface area (Å²) in [5.41, 5.74) is 4.54. The molecule has 0 bridgehead atoms. The van der Waals surface area contributed by atoms with E-state index in [0.29, 0.717) is 10.8 Å². The highest BCUT2D eigenvalue weighted by Gasteiger charge is 2.06.